The number of hydrogen-bond donors (Lipinski definition) is 0. The maximum Gasteiger partial charge on any atom is 0.276 e. The molecule has 134 valence electrons. The van der Waals surface area contributed by atoms with E-state index in [1.807, 2.05) is 27.0 Å². The minimum atomic E-state index is -0.597. The maximum absolute atomic E-state index is 12.7. The molecule has 7 nitrogen and oxygen atoms in total. The molecular formula is C19H21N5O2. The molecule has 0 spiro atoms. The monoisotopic (exact) mass is 351 g/mol. The van der Waals surface area contributed by atoms with Crippen molar-refractivity contribution in [2.75, 3.05) is 0 Å². The molecule has 2 aliphatic rings. The Labute approximate surface area is 151 Å². The molecule has 2 heterocycles. The van der Waals surface area contributed by atoms with E-state index in [1.54, 1.807) is 11.6 Å². The number of allylic oxidation sites excluding steroid dienone is 2. The van der Waals surface area contributed by atoms with Gasteiger partial charge in [-0.2, -0.15) is 10.1 Å². The van der Waals surface area contributed by atoms with E-state index in [-0.39, 0.29) is 17.4 Å². The molecule has 0 amide bonds. The van der Waals surface area contributed by atoms with Crippen LogP contribution in [0.4, 0.5) is 0 Å². The summed E-state index contributed by atoms with van der Waals surface area (Å²) in [6.45, 7) is 15.2. The lowest BCUT2D eigenvalue weighted by Crippen LogP contribution is -2.50. The second-order valence-electron chi connectivity index (χ2n) is 8.01. The van der Waals surface area contributed by atoms with Gasteiger partial charge in [-0.25, -0.2) is 4.85 Å². The van der Waals surface area contributed by atoms with Crippen molar-refractivity contribution in [3.63, 3.8) is 0 Å². The highest BCUT2D eigenvalue weighted by Crippen LogP contribution is 2.55. The molecule has 0 aromatic carbocycles. The zero-order valence-corrected chi connectivity index (χ0v) is 15.6. The average Bonchev–Trinajstić information content (AvgIpc) is 3.14. The second-order valence-corrected chi connectivity index (χ2v) is 8.01. The summed E-state index contributed by atoms with van der Waals surface area (Å²) in [5.74, 6) is 1.06. The molecule has 0 N–H and O–H groups in total. The summed E-state index contributed by atoms with van der Waals surface area (Å²) in [7, 11) is 1.87. The number of Topliss-reactive ketones (excluding diaryl/α,β-unsaturated/α-hetero) is 1. The zero-order valence-electron chi connectivity index (χ0n) is 15.6. The molecule has 0 fully saturated rings. The third-order valence-corrected chi connectivity index (χ3v) is 6.04. The van der Waals surface area contributed by atoms with Gasteiger partial charge in [0.05, 0.1) is 12.3 Å². The Hall–Kier alpha value is -2.75. The molecule has 2 atom stereocenters. The van der Waals surface area contributed by atoms with E-state index in [1.165, 1.54) is 0 Å². The molecule has 0 unspecified atom stereocenters. The number of aryl methyl sites for hydroxylation is 2. The Morgan fingerprint density at radius 2 is 2.12 bits per heavy atom. The second kappa shape index (κ2) is 5.13. The number of hydrogen-bond acceptors (Lipinski definition) is 5. The summed E-state index contributed by atoms with van der Waals surface area (Å²) in [6.07, 6.45) is 3.46. The van der Waals surface area contributed by atoms with E-state index in [2.05, 4.69) is 21.9 Å². The fourth-order valence-electron chi connectivity index (χ4n) is 4.85. The Balaban J connectivity index is 1.96. The van der Waals surface area contributed by atoms with Gasteiger partial charge in [0, 0.05) is 23.4 Å². The van der Waals surface area contributed by atoms with Crippen molar-refractivity contribution in [2.24, 2.45) is 18.4 Å². The summed E-state index contributed by atoms with van der Waals surface area (Å²) in [6, 6.07) is 0. The lowest BCUT2D eigenvalue weighted by Gasteiger charge is -2.49. The highest BCUT2D eigenvalue weighted by atomic mass is 16.5. The highest BCUT2D eigenvalue weighted by molar-refractivity contribution is 6.02. The van der Waals surface area contributed by atoms with Crippen LogP contribution in [0.3, 0.4) is 0 Å². The maximum atomic E-state index is 12.7. The zero-order chi connectivity index (χ0) is 18.9. The van der Waals surface area contributed by atoms with Gasteiger partial charge in [-0.3, -0.25) is 4.68 Å². The van der Waals surface area contributed by atoms with Crippen LogP contribution in [0.2, 0.25) is 0 Å². The van der Waals surface area contributed by atoms with Crippen LogP contribution in [-0.4, -0.2) is 25.7 Å². The van der Waals surface area contributed by atoms with Crippen molar-refractivity contribution in [1.29, 1.82) is 0 Å². The fourth-order valence-corrected chi connectivity index (χ4v) is 4.85. The Bertz CT molecular complexity index is 1000. The van der Waals surface area contributed by atoms with Crippen molar-refractivity contribution in [2.45, 2.75) is 46.0 Å². The van der Waals surface area contributed by atoms with Gasteiger partial charge in [0.1, 0.15) is 5.69 Å². The van der Waals surface area contributed by atoms with Crippen LogP contribution >= 0.6 is 0 Å². The predicted octanol–water partition coefficient (Wildman–Crippen LogP) is 3.01. The standard InChI is InChI=1S/C19H21N5O2/c1-10-21-17(26-23-10)14-11-7-8-13-18(2,3)16(25)12(20-5)9-19(13,4)15(11)22-24(14)6/h9,13H,7-8H2,1-4,6H3/t13-,19-/m0/s1. The Morgan fingerprint density at radius 1 is 1.38 bits per heavy atom. The van der Waals surface area contributed by atoms with Gasteiger partial charge >= 0.3 is 0 Å². The van der Waals surface area contributed by atoms with Crippen LogP contribution in [0, 0.1) is 24.8 Å². The summed E-state index contributed by atoms with van der Waals surface area (Å²) in [4.78, 5) is 20.6. The van der Waals surface area contributed by atoms with Gasteiger partial charge in [0.2, 0.25) is 5.70 Å². The molecule has 2 aromatic rings. The van der Waals surface area contributed by atoms with E-state index >= 15 is 0 Å². The van der Waals surface area contributed by atoms with Crippen molar-refractivity contribution >= 4 is 5.78 Å². The number of fused-ring (bicyclic) bond motifs is 3. The van der Waals surface area contributed by atoms with Gasteiger partial charge in [0.15, 0.2) is 11.6 Å². The summed E-state index contributed by atoms with van der Waals surface area (Å²) >= 11 is 0. The van der Waals surface area contributed by atoms with E-state index in [4.69, 9.17) is 16.2 Å². The first-order chi connectivity index (χ1) is 12.2. The van der Waals surface area contributed by atoms with E-state index in [9.17, 15) is 4.79 Å². The van der Waals surface area contributed by atoms with Gasteiger partial charge < -0.3 is 9.32 Å². The Morgan fingerprint density at radius 3 is 2.73 bits per heavy atom. The third-order valence-electron chi connectivity index (χ3n) is 6.04. The largest absolute Gasteiger partial charge is 0.332 e. The minimum Gasteiger partial charge on any atom is -0.332 e. The molecule has 0 radical (unpaired) electrons. The number of carbonyl (C=O) groups is 1. The van der Waals surface area contributed by atoms with Gasteiger partial charge in [-0.15, -0.1) is 0 Å². The SMILES string of the molecule is [C-]#[N+]C1=C[C@]2(C)c3nn(C)c(-c4nc(C)no4)c3CC[C@H]2C(C)(C)C1=O. The summed E-state index contributed by atoms with van der Waals surface area (Å²) in [5, 5.41) is 8.68. The molecule has 4 rings (SSSR count). The van der Waals surface area contributed by atoms with Crippen LogP contribution in [0.15, 0.2) is 16.3 Å². The topological polar surface area (TPSA) is 78.2 Å². The normalized spacial score (nSPS) is 26.7. The lowest BCUT2D eigenvalue weighted by molar-refractivity contribution is -0.128. The first-order valence-corrected chi connectivity index (χ1v) is 8.72. The van der Waals surface area contributed by atoms with E-state index < -0.39 is 10.8 Å². The first-order valence-electron chi connectivity index (χ1n) is 8.72. The van der Waals surface area contributed by atoms with Crippen molar-refractivity contribution in [1.82, 2.24) is 19.9 Å². The van der Waals surface area contributed by atoms with Gasteiger partial charge in [-0.1, -0.05) is 32.0 Å². The van der Waals surface area contributed by atoms with Crippen LogP contribution < -0.4 is 0 Å². The quantitative estimate of drug-likeness (QED) is 0.738. The smallest absolute Gasteiger partial charge is 0.276 e. The van der Waals surface area contributed by atoms with Crippen molar-refractivity contribution in [3.8, 4) is 11.6 Å². The van der Waals surface area contributed by atoms with Crippen LogP contribution in [-0.2, 0) is 23.7 Å². The van der Waals surface area contributed by atoms with Gasteiger partial charge in [-0.05, 0) is 25.7 Å². The molecule has 2 aromatic heterocycles. The van der Waals surface area contributed by atoms with E-state index in [0.717, 1.165) is 29.8 Å². The number of ketones is 1. The fraction of sp³-hybridized carbons (Fsp3) is 0.526. The molecule has 7 heteroatoms. The Kier molecular flexibility index (Phi) is 3.30. The van der Waals surface area contributed by atoms with Gasteiger partial charge in [0.25, 0.3) is 5.89 Å². The summed E-state index contributed by atoms with van der Waals surface area (Å²) in [5.41, 5.74) is 1.94. The summed E-state index contributed by atoms with van der Waals surface area (Å²) < 4.78 is 7.16. The molecule has 0 saturated heterocycles. The van der Waals surface area contributed by atoms with Crippen LogP contribution in [0.25, 0.3) is 16.4 Å². The molecular weight excluding hydrogens is 330 g/mol. The molecule has 2 aliphatic carbocycles. The lowest BCUT2D eigenvalue weighted by atomic mass is 9.53. The number of carbonyl (C=O) groups excluding carboxylic acids is 1. The number of rotatable bonds is 1. The van der Waals surface area contributed by atoms with E-state index in [0.29, 0.717) is 11.7 Å². The average molecular weight is 351 g/mol. The van der Waals surface area contributed by atoms with Crippen molar-refractivity contribution < 1.29 is 9.32 Å². The molecule has 0 bridgehead atoms. The predicted molar refractivity (Wildman–Crippen MR) is 93.9 cm³/mol. The highest BCUT2D eigenvalue weighted by Gasteiger charge is 2.55. The number of nitrogens with zero attached hydrogens (tertiary/aromatic N) is 5. The molecule has 0 saturated carbocycles. The van der Waals surface area contributed by atoms with Crippen molar-refractivity contribution in [3.05, 3.63) is 40.3 Å². The first kappa shape index (κ1) is 16.7. The molecule has 0 aliphatic heterocycles. The third kappa shape index (κ3) is 1.99. The minimum absolute atomic E-state index is 0.0675. The number of aromatic nitrogens is 4. The van der Waals surface area contributed by atoms with Crippen LogP contribution in [0.1, 0.15) is 44.3 Å². The van der Waals surface area contributed by atoms with Crippen LogP contribution in [0.5, 0.6) is 0 Å². The molecule has 26 heavy (non-hydrogen) atoms.